The van der Waals surface area contributed by atoms with Gasteiger partial charge in [0.05, 0.1) is 5.69 Å². The second-order valence-electron chi connectivity index (χ2n) is 4.21. The fraction of sp³-hybridized carbons (Fsp3) is 0.625. The molecule has 2 N–H and O–H groups in total. The molecule has 0 atom stereocenters. The lowest BCUT2D eigenvalue weighted by Crippen LogP contribution is -2.15. The van der Waals surface area contributed by atoms with E-state index in [-0.39, 0.29) is 9.62 Å². The first kappa shape index (κ1) is 11.5. The summed E-state index contributed by atoms with van der Waals surface area (Å²) >= 11 is 1.03. The van der Waals surface area contributed by atoms with E-state index in [9.17, 15) is 8.42 Å². The highest BCUT2D eigenvalue weighted by atomic mass is 32.2. The van der Waals surface area contributed by atoms with Gasteiger partial charge in [-0.1, -0.05) is 32.1 Å². The molecule has 6 heteroatoms. The summed E-state index contributed by atoms with van der Waals surface area (Å²) in [6.45, 7) is 5.74. The van der Waals surface area contributed by atoms with Crippen LogP contribution in [0.3, 0.4) is 0 Å². The average Bonchev–Trinajstić information content (AvgIpc) is 2.27. The SMILES string of the molecule is CC(C)(C)c1nc(N)sc1S(C)(=O)=O. The van der Waals surface area contributed by atoms with Crippen molar-refractivity contribution < 1.29 is 8.42 Å². The fourth-order valence-corrected chi connectivity index (χ4v) is 3.39. The minimum absolute atomic E-state index is 0.280. The van der Waals surface area contributed by atoms with Crippen molar-refractivity contribution in [3.8, 4) is 0 Å². The first-order valence-corrected chi connectivity index (χ1v) is 6.80. The maximum absolute atomic E-state index is 11.4. The quantitative estimate of drug-likeness (QED) is 0.797. The van der Waals surface area contributed by atoms with Gasteiger partial charge in [0.15, 0.2) is 15.0 Å². The Hall–Kier alpha value is -0.620. The van der Waals surface area contributed by atoms with E-state index in [1.165, 1.54) is 6.26 Å². The van der Waals surface area contributed by atoms with Gasteiger partial charge >= 0.3 is 0 Å². The highest BCUT2D eigenvalue weighted by Crippen LogP contribution is 2.33. The molecule has 0 fully saturated rings. The lowest BCUT2D eigenvalue weighted by molar-refractivity contribution is 0.553. The Kier molecular flexibility index (Phi) is 2.62. The number of hydrogen-bond acceptors (Lipinski definition) is 5. The molecule has 0 unspecified atom stereocenters. The Morgan fingerprint density at radius 1 is 1.36 bits per heavy atom. The molecule has 1 aromatic heterocycles. The van der Waals surface area contributed by atoms with E-state index < -0.39 is 9.84 Å². The van der Waals surface area contributed by atoms with E-state index in [2.05, 4.69) is 4.98 Å². The van der Waals surface area contributed by atoms with Gasteiger partial charge in [0.25, 0.3) is 0 Å². The Labute approximate surface area is 88.1 Å². The van der Waals surface area contributed by atoms with E-state index in [1.807, 2.05) is 20.8 Å². The van der Waals surface area contributed by atoms with Gasteiger partial charge in [-0.15, -0.1) is 0 Å². The highest BCUT2D eigenvalue weighted by Gasteiger charge is 2.27. The minimum Gasteiger partial charge on any atom is -0.375 e. The van der Waals surface area contributed by atoms with Crippen LogP contribution in [-0.4, -0.2) is 19.7 Å². The zero-order valence-electron chi connectivity index (χ0n) is 8.66. The molecule has 4 nitrogen and oxygen atoms in total. The summed E-state index contributed by atoms with van der Waals surface area (Å²) in [5.74, 6) is 0. The van der Waals surface area contributed by atoms with E-state index in [0.29, 0.717) is 10.8 Å². The molecule has 0 amide bonds. The predicted octanol–water partition coefficient (Wildman–Crippen LogP) is 1.43. The second kappa shape index (κ2) is 3.20. The highest BCUT2D eigenvalue weighted by molar-refractivity contribution is 7.92. The Bertz CT molecular complexity index is 440. The molecule has 0 saturated carbocycles. The molecule has 0 spiro atoms. The van der Waals surface area contributed by atoms with Gasteiger partial charge in [-0.25, -0.2) is 13.4 Å². The van der Waals surface area contributed by atoms with Crippen molar-refractivity contribution in [1.82, 2.24) is 4.98 Å². The van der Waals surface area contributed by atoms with Crippen LogP contribution in [-0.2, 0) is 15.3 Å². The summed E-state index contributed by atoms with van der Waals surface area (Å²) in [5, 5.41) is 0.301. The predicted molar refractivity (Wildman–Crippen MR) is 58.3 cm³/mol. The maximum atomic E-state index is 11.4. The molecule has 1 rings (SSSR count). The number of nitrogens with two attached hydrogens (primary N) is 1. The molecule has 0 aromatic carbocycles. The van der Waals surface area contributed by atoms with Gasteiger partial charge in [-0.05, 0) is 0 Å². The molecule has 80 valence electrons. The van der Waals surface area contributed by atoms with E-state index in [0.717, 1.165) is 11.3 Å². The first-order valence-electron chi connectivity index (χ1n) is 4.09. The van der Waals surface area contributed by atoms with Crippen LogP contribution in [0.15, 0.2) is 4.21 Å². The van der Waals surface area contributed by atoms with Crippen molar-refractivity contribution in [3.05, 3.63) is 5.69 Å². The lowest BCUT2D eigenvalue weighted by atomic mass is 9.93. The summed E-state index contributed by atoms with van der Waals surface area (Å²) in [6.07, 6.45) is 1.18. The van der Waals surface area contributed by atoms with Crippen molar-refractivity contribution >= 4 is 26.3 Å². The smallest absolute Gasteiger partial charge is 0.186 e. The minimum atomic E-state index is -3.22. The Morgan fingerprint density at radius 2 is 1.86 bits per heavy atom. The van der Waals surface area contributed by atoms with E-state index >= 15 is 0 Å². The molecule has 0 radical (unpaired) electrons. The van der Waals surface area contributed by atoms with Gasteiger partial charge in [0.1, 0.15) is 4.21 Å². The second-order valence-corrected chi connectivity index (χ2v) is 7.45. The van der Waals surface area contributed by atoms with E-state index in [1.54, 1.807) is 0 Å². The summed E-state index contributed by atoms with van der Waals surface area (Å²) in [6, 6.07) is 0. The van der Waals surface area contributed by atoms with Gasteiger partial charge in [0, 0.05) is 11.7 Å². The molecular weight excluding hydrogens is 220 g/mol. The summed E-state index contributed by atoms with van der Waals surface area (Å²) in [7, 11) is -3.22. The van der Waals surface area contributed by atoms with Gasteiger partial charge in [-0.3, -0.25) is 0 Å². The van der Waals surface area contributed by atoms with Crippen LogP contribution in [0, 0.1) is 0 Å². The molecule has 14 heavy (non-hydrogen) atoms. The van der Waals surface area contributed by atoms with Crippen molar-refractivity contribution in [1.29, 1.82) is 0 Å². The fourth-order valence-electron chi connectivity index (χ4n) is 1.05. The monoisotopic (exact) mass is 234 g/mol. The van der Waals surface area contributed by atoms with Gasteiger partial charge in [-0.2, -0.15) is 0 Å². The van der Waals surface area contributed by atoms with Crippen molar-refractivity contribution in [2.75, 3.05) is 12.0 Å². The molecule has 0 aliphatic carbocycles. The normalized spacial score (nSPS) is 13.1. The average molecular weight is 234 g/mol. The number of anilines is 1. The number of nitrogen functional groups attached to an aromatic ring is 1. The van der Waals surface area contributed by atoms with Crippen LogP contribution < -0.4 is 5.73 Å². The Morgan fingerprint density at radius 3 is 2.14 bits per heavy atom. The molecule has 0 aliphatic rings. The van der Waals surface area contributed by atoms with Crippen LogP contribution in [0.1, 0.15) is 26.5 Å². The van der Waals surface area contributed by atoms with Crippen molar-refractivity contribution in [2.45, 2.75) is 30.4 Å². The third-order valence-corrected chi connectivity index (χ3v) is 4.36. The van der Waals surface area contributed by atoms with Crippen LogP contribution in [0.5, 0.6) is 0 Å². The third kappa shape index (κ3) is 2.24. The first-order chi connectivity index (χ1) is 6.12. The van der Waals surface area contributed by atoms with Gasteiger partial charge in [0.2, 0.25) is 0 Å². The third-order valence-electron chi connectivity index (χ3n) is 1.66. The number of aromatic nitrogens is 1. The Balaban J connectivity index is 3.46. The van der Waals surface area contributed by atoms with Gasteiger partial charge < -0.3 is 5.73 Å². The van der Waals surface area contributed by atoms with Crippen molar-refractivity contribution in [2.24, 2.45) is 0 Å². The molecule has 1 aromatic rings. The molecular formula is C8H14N2O2S2. The summed E-state index contributed by atoms with van der Waals surface area (Å²) in [4.78, 5) is 4.07. The van der Waals surface area contributed by atoms with Crippen LogP contribution in [0.25, 0.3) is 0 Å². The van der Waals surface area contributed by atoms with Crippen LogP contribution in [0.2, 0.25) is 0 Å². The van der Waals surface area contributed by atoms with Crippen LogP contribution >= 0.6 is 11.3 Å². The number of rotatable bonds is 1. The number of nitrogens with zero attached hydrogens (tertiary/aromatic N) is 1. The summed E-state index contributed by atoms with van der Waals surface area (Å²) in [5.41, 5.74) is 5.77. The van der Waals surface area contributed by atoms with E-state index in [4.69, 9.17) is 5.73 Å². The molecule has 0 saturated heterocycles. The largest absolute Gasteiger partial charge is 0.375 e. The zero-order valence-corrected chi connectivity index (χ0v) is 10.3. The maximum Gasteiger partial charge on any atom is 0.186 e. The molecule has 0 aliphatic heterocycles. The van der Waals surface area contributed by atoms with Crippen molar-refractivity contribution in [3.63, 3.8) is 0 Å². The summed E-state index contributed by atoms with van der Waals surface area (Å²) < 4.78 is 23.1. The standard InChI is InChI=1S/C8H14N2O2S2/c1-8(2,3)5-6(14(4,11)12)13-7(9)10-5/h1-4H3,(H2,9,10). The topological polar surface area (TPSA) is 73.0 Å². The molecule has 0 bridgehead atoms. The zero-order chi connectivity index (χ0) is 11.1. The van der Waals surface area contributed by atoms with Crippen LogP contribution in [0.4, 0.5) is 5.13 Å². The number of hydrogen-bond donors (Lipinski definition) is 1. The number of sulfone groups is 1. The number of thiazole rings is 1. The molecule has 1 heterocycles. The lowest BCUT2D eigenvalue weighted by Gasteiger charge is -2.16.